The second-order valence-corrected chi connectivity index (χ2v) is 4.35. The van der Waals surface area contributed by atoms with Gasteiger partial charge in [0.2, 0.25) is 0 Å². The van der Waals surface area contributed by atoms with E-state index in [1.165, 1.54) is 13.8 Å². The quantitative estimate of drug-likeness (QED) is 0.806. The van der Waals surface area contributed by atoms with Crippen LogP contribution in [0.4, 0.5) is 5.69 Å². The van der Waals surface area contributed by atoms with Gasteiger partial charge in [0.1, 0.15) is 5.60 Å². The van der Waals surface area contributed by atoms with Crippen molar-refractivity contribution in [2.24, 2.45) is 0 Å². The number of nitrogen functional groups attached to an aromatic ring is 1. The van der Waals surface area contributed by atoms with Crippen LogP contribution >= 0.6 is 11.6 Å². The van der Waals surface area contributed by atoms with E-state index in [9.17, 15) is 5.11 Å². The predicted octanol–water partition coefficient (Wildman–Crippen LogP) is 2.70. The van der Waals surface area contributed by atoms with Crippen LogP contribution in [0.2, 0.25) is 5.02 Å². The Balaban J connectivity index is 3.07. The first-order chi connectivity index (χ1) is 9.07. The van der Waals surface area contributed by atoms with Gasteiger partial charge in [0.25, 0.3) is 0 Å². The van der Waals surface area contributed by atoms with Crippen LogP contribution in [-0.4, -0.2) is 10.1 Å². The number of benzene rings is 1. The van der Waals surface area contributed by atoms with Crippen LogP contribution in [0, 0.1) is 0 Å². The van der Waals surface area contributed by atoms with E-state index in [2.05, 4.69) is 4.98 Å². The second kappa shape index (κ2) is 3.61. The van der Waals surface area contributed by atoms with Crippen LogP contribution in [-0.2, 0) is 5.60 Å². The lowest BCUT2D eigenvalue weighted by atomic mass is 10.0. The molecule has 0 aliphatic carbocycles. The van der Waals surface area contributed by atoms with Gasteiger partial charge in [-0.1, -0.05) is 11.6 Å². The first kappa shape index (κ1) is 7.09. The molecule has 0 saturated heterocycles. The van der Waals surface area contributed by atoms with Crippen molar-refractivity contribution in [3.05, 3.63) is 34.9 Å². The summed E-state index contributed by atoms with van der Waals surface area (Å²) in [5, 5.41) is 9.83. The summed E-state index contributed by atoms with van der Waals surface area (Å²) in [5.74, 6) is 0. The second-order valence-electron chi connectivity index (χ2n) is 3.97. The van der Waals surface area contributed by atoms with E-state index in [0.29, 0.717) is 0 Å². The van der Waals surface area contributed by atoms with E-state index in [1.807, 2.05) is 0 Å². The zero-order valence-corrected chi connectivity index (χ0v) is 9.61. The number of anilines is 1. The third-order valence-electron chi connectivity index (χ3n) is 2.08. The largest absolute Gasteiger partial charge is 0.397 e. The van der Waals surface area contributed by atoms with Gasteiger partial charge in [-0.3, -0.25) is 0 Å². The average molecular weight is 241 g/mol. The Bertz CT molecular complexity index is 728. The first-order valence-electron chi connectivity index (χ1n) is 6.65. The molecule has 1 aromatic carbocycles. The van der Waals surface area contributed by atoms with Crippen molar-refractivity contribution in [3.63, 3.8) is 0 Å². The third kappa shape index (κ3) is 1.96. The van der Waals surface area contributed by atoms with E-state index in [4.69, 9.17) is 22.8 Å². The van der Waals surface area contributed by atoms with E-state index in [0.717, 1.165) is 0 Å². The maximum Gasteiger partial charge on any atom is 0.103 e. The molecule has 0 unspecified atom stereocenters. The fourth-order valence-electron chi connectivity index (χ4n) is 1.38. The molecule has 84 valence electrons. The number of aliphatic hydroxyl groups is 1. The molecule has 3 nitrogen and oxygen atoms in total. The van der Waals surface area contributed by atoms with Crippen molar-refractivity contribution in [1.29, 1.82) is 0 Å². The van der Waals surface area contributed by atoms with Crippen LogP contribution in [0.5, 0.6) is 0 Å². The molecule has 0 aliphatic rings. The lowest BCUT2D eigenvalue weighted by Gasteiger charge is -2.19. The topological polar surface area (TPSA) is 59.1 Å². The fraction of sp³-hybridized carbons (Fsp3) is 0.250. The zero-order valence-electron chi connectivity index (χ0n) is 12.8. The van der Waals surface area contributed by atoms with Crippen LogP contribution in [0.25, 0.3) is 10.9 Å². The summed E-state index contributed by atoms with van der Waals surface area (Å²) in [6, 6.07) is -1.09. The Hall–Kier alpha value is -1.32. The molecule has 0 radical (unpaired) electrons. The summed E-state index contributed by atoms with van der Waals surface area (Å²) in [6.07, 6.45) is 0. The molecule has 1 heterocycles. The van der Waals surface area contributed by atoms with Crippen molar-refractivity contribution in [2.75, 3.05) is 5.73 Å². The lowest BCUT2D eigenvalue weighted by molar-refractivity contribution is 0.0751. The fourth-order valence-corrected chi connectivity index (χ4v) is 1.53. The summed E-state index contributed by atoms with van der Waals surface area (Å²) < 4.78 is 31.4. The van der Waals surface area contributed by atoms with Gasteiger partial charge in [0.15, 0.2) is 0 Å². The van der Waals surface area contributed by atoms with Crippen molar-refractivity contribution in [1.82, 2.24) is 4.98 Å². The Labute approximate surface area is 104 Å². The number of hydrogen-bond acceptors (Lipinski definition) is 3. The number of halogens is 1. The highest BCUT2D eigenvalue weighted by Crippen LogP contribution is 2.28. The number of hydrogen-bond donors (Lipinski definition) is 2. The number of aromatic nitrogens is 1. The first-order valence-corrected chi connectivity index (χ1v) is 5.03. The normalized spacial score (nSPS) is 15.5. The van der Waals surface area contributed by atoms with Crippen molar-refractivity contribution < 1.29 is 10.6 Å². The minimum Gasteiger partial charge on any atom is -0.397 e. The standard InChI is InChI=1S/C12H13ClN2O/c1-12(2,16)11-9(14)6-7-5-8(13)3-4-10(7)15-11/h3-6,16H,14H2,1-2H3/i3D,4D,5D,6D. The molecule has 0 atom stereocenters. The van der Waals surface area contributed by atoms with Gasteiger partial charge >= 0.3 is 0 Å². The predicted molar refractivity (Wildman–Crippen MR) is 66.4 cm³/mol. The zero-order chi connectivity index (χ0) is 15.4. The minimum absolute atomic E-state index is 0.0153. The van der Waals surface area contributed by atoms with Crippen LogP contribution in [0.1, 0.15) is 25.0 Å². The van der Waals surface area contributed by atoms with Crippen LogP contribution in [0.15, 0.2) is 24.2 Å². The number of nitrogens with zero attached hydrogens (tertiary/aromatic N) is 1. The van der Waals surface area contributed by atoms with E-state index < -0.39 is 5.60 Å². The third-order valence-corrected chi connectivity index (χ3v) is 2.27. The van der Waals surface area contributed by atoms with Gasteiger partial charge in [-0.2, -0.15) is 0 Å². The minimum atomic E-state index is -1.40. The van der Waals surface area contributed by atoms with Gasteiger partial charge in [0, 0.05) is 10.4 Å². The Morgan fingerprint density at radius 1 is 1.44 bits per heavy atom. The van der Waals surface area contributed by atoms with E-state index >= 15 is 0 Å². The molecular weight excluding hydrogens is 224 g/mol. The highest BCUT2D eigenvalue weighted by Gasteiger charge is 2.21. The molecule has 2 rings (SSSR count). The molecule has 4 heteroatoms. The SMILES string of the molecule is [2H]c1c(Cl)c([2H])c2c([2H])c(N)c(C(C)(C)O)nc2c1[2H]. The highest BCUT2D eigenvalue weighted by molar-refractivity contribution is 6.31. The van der Waals surface area contributed by atoms with Gasteiger partial charge in [-0.15, -0.1) is 0 Å². The lowest BCUT2D eigenvalue weighted by Crippen LogP contribution is -2.19. The molecule has 0 spiro atoms. The molecule has 3 N–H and O–H groups in total. The van der Waals surface area contributed by atoms with Crippen molar-refractivity contribution >= 4 is 28.2 Å². The summed E-state index contributed by atoms with van der Waals surface area (Å²) in [7, 11) is 0. The molecule has 0 aliphatic heterocycles. The van der Waals surface area contributed by atoms with E-state index in [1.54, 1.807) is 0 Å². The number of nitrogens with two attached hydrogens (primary N) is 1. The molecule has 0 saturated carbocycles. The van der Waals surface area contributed by atoms with Gasteiger partial charge in [-0.05, 0) is 38.0 Å². The number of fused-ring (bicyclic) bond motifs is 1. The average Bonchev–Trinajstić information content (AvgIpc) is 2.35. The number of pyridine rings is 1. The summed E-state index contributed by atoms with van der Waals surface area (Å²) >= 11 is 5.82. The van der Waals surface area contributed by atoms with Gasteiger partial charge in [0.05, 0.1) is 22.4 Å². The van der Waals surface area contributed by atoms with Crippen molar-refractivity contribution in [2.45, 2.75) is 19.4 Å². The molecule has 0 fully saturated rings. The Morgan fingerprint density at radius 2 is 2.12 bits per heavy atom. The monoisotopic (exact) mass is 240 g/mol. The molecule has 0 bridgehead atoms. The summed E-state index contributed by atoms with van der Waals surface area (Å²) in [6.45, 7) is 2.92. The van der Waals surface area contributed by atoms with Crippen molar-refractivity contribution in [3.8, 4) is 0 Å². The van der Waals surface area contributed by atoms with Gasteiger partial charge < -0.3 is 10.8 Å². The van der Waals surface area contributed by atoms with Crippen LogP contribution < -0.4 is 5.73 Å². The molecule has 16 heavy (non-hydrogen) atoms. The molecule has 0 amide bonds. The molecule has 1 aromatic heterocycles. The summed E-state index contributed by atoms with van der Waals surface area (Å²) in [4.78, 5) is 4.09. The Morgan fingerprint density at radius 3 is 2.75 bits per heavy atom. The number of rotatable bonds is 1. The van der Waals surface area contributed by atoms with Gasteiger partial charge in [-0.25, -0.2) is 4.98 Å². The Kier molecular flexibility index (Phi) is 1.60. The van der Waals surface area contributed by atoms with Crippen LogP contribution in [0.3, 0.4) is 0 Å². The maximum absolute atomic E-state index is 10.0. The highest BCUT2D eigenvalue weighted by atomic mass is 35.5. The van der Waals surface area contributed by atoms with E-state index in [-0.39, 0.29) is 51.5 Å². The smallest absolute Gasteiger partial charge is 0.103 e. The molecular formula is C12H13ClN2O. The summed E-state index contributed by atoms with van der Waals surface area (Å²) in [5.41, 5.74) is 4.35. The molecule has 2 aromatic rings. The maximum atomic E-state index is 10.0.